The monoisotopic (exact) mass is 422 g/mol. The average molecular weight is 422 g/mol. The smallest absolute Gasteiger partial charge is 0.314 e. The molecule has 0 spiro atoms. The van der Waals surface area contributed by atoms with Crippen LogP contribution < -0.4 is 0 Å². The number of aliphatic hydroxyl groups is 3. The summed E-state index contributed by atoms with van der Waals surface area (Å²) in [4.78, 5) is 24.8. The van der Waals surface area contributed by atoms with Gasteiger partial charge in [-0.25, -0.2) is 0 Å². The fourth-order valence-electron chi connectivity index (χ4n) is 6.64. The van der Waals surface area contributed by atoms with Crippen molar-refractivity contribution in [1.29, 1.82) is 0 Å². The van der Waals surface area contributed by atoms with E-state index in [-0.39, 0.29) is 19.4 Å². The number of hydrogen-bond acceptors (Lipinski definition) is 8. The molecule has 2 aliphatic carbocycles. The van der Waals surface area contributed by atoms with Crippen LogP contribution in [0.5, 0.6) is 0 Å². The number of aliphatic hydroxyl groups excluding tert-OH is 1. The number of cyclic esters (lactones) is 1. The van der Waals surface area contributed by atoms with E-state index in [4.69, 9.17) is 13.9 Å². The predicted octanol–water partition coefficient (Wildman–Crippen LogP) is 1.35. The van der Waals surface area contributed by atoms with Crippen molar-refractivity contribution in [2.75, 3.05) is 13.2 Å². The first-order valence-electron chi connectivity index (χ1n) is 10.5. The first-order valence-corrected chi connectivity index (χ1v) is 10.5. The maximum Gasteiger partial charge on any atom is 0.314 e. The van der Waals surface area contributed by atoms with Crippen molar-refractivity contribution in [3.63, 3.8) is 0 Å². The molecule has 2 saturated carbocycles. The Hall–Kier alpha value is -1.90. The van der Waals surface area contributed by atoms with Gasteiger partial charge < -0.3 is 29.2 Å². The summed E-state index contributed by atoms with van der Waals surface area (Å²) >= 11 is 0. The molecule has 0 unspecified atom stereocenters. The third-order valence-corrected chi connectivity index (χ3v) is 7.94. The van der Waals surface area contributed by atoms with Gasteiger partial charge in [-0.2, -0.15) is 0 Å². The van der Waals surface area contributed by atoms with Gasteiger partial charge in [0.15, 0.2) is 0 Å². The van der Waals surface area contributed by atoms with E-state index < -0.39 is 52.6 Å². The molecule has 1 aromatic rings. The van der Waals surface area contributed by atoms with E-state index in [1.54, 1.807) is 25.5 Å². The molecular weight excluding hydrogens is 392 g/mol. The van der Waals surface area contributed by atoms with Crippen LogP contribution in [0.1, 0.15) is 51.5 Å². The van der Waals surface area contributed by atoms with Crippen LogP contribution in [0.25, 0.3) is 0 Å². The van der Waals surface area contributed by atoms with Gasteiger partial charge in [-0.15, -0.1) is 0 Å². The van der Waals surface area contributed by atoms with E-state index in [0.717, 1.165) is 5.56 Å². The average Bonchev–Trinajstić information content (AvgIpc) is 3.20. The fraction of sp³-hybridized carbons (Fsp3) is 0.727. The van der Waals surface area contributed by atoms with Crippen LogP contribution in [-0.2, 0) is 25.5 Å². The third kappa shape index (κ3) is 2.77. The normalized spacial score (nSPS) is 42.9. The lowest BCUT2D eigenvalue weighted by atomic mass is 9.40. The number of carbonyl (C=O) groups excluding carboxylic acids is 2. The summed E-state index contributed by atoms with van der Waals surface area (Å²) in [5, 5.41) is 34.0. The molecule has 0 aromatic carbocycles. The molecule has 0 amide bonds. The zero-order valence-electron chi connectivity index (χ0n) is 17.4. The maximum atomic E-state index is 12.9. The van der Waals surface area contributed by atoms with Gasteiger partial charge in [-0.3, -0.25) is 9.59 Å². The van der Waals surface area contributed by atoms with Crippen LogP contribution in [0.4, 0.5) is 0 Å². The summed E-state index contributed by atoms with van der Waals surface area (Å²) in [5.41, 5.74) is -4.66. The number of hydrogen-bond donors (Lipinski definition) is 3. The quantitative estimate of drug-likeness (QED) is 0.607. The van der Waals surface area contributed by atoms with Crippen molar-refractivity contribution in [1.82, 2.24) is 0 Å². The Bertz CT molecular complexity index is 817. The summed E-state index contributed by atoms with van der Waals surface area (Å²) in [7, 11) is 0. The molecule has 4 rings (SSSR count). The topological polar surface area (TPSA) is 126 Å². The van der Waals surface area contributed by atoms with Crippen LogP contribution in [0, 0.1) is 16.7 Å². The van der Waals surface area contributed by atoms with E-state index in [2.05, 4.69) is 0 Å². The Morgan fingerprint density at radius 2 is 2.10 bits per heavy atom. The second kappa shape index (κ2) is 7.07. The van der Waals surface area contributed by atoms with Crippen LogP contribution in [-0.4, -0.2) is 57.8 Å². The number of rotatable bonds is 5. The minimum atomic E-state index is -1.62. The number of furan rings is 1. The molecule has 0 radical (unpaired) electrons. The van der Waals surface area contributed by atoms with E-state index in [1.165, 1.54) is 6.92 Å². The largest absolute Gasteiger partial charge is 0.472 e. The van der Waals surface area contributed by atoms with Crippen molar-refractivity contribution in [2.24, 2.45) is 16.7 Å². The first kappa shape index (κ1) is 21.3. The summed E-state index contributed by atoms with van der Waals surface area (Å²) in [5.74, 6) is -1.70. The Labute approximate surface area is 175 Å². The van der Waals surface area contributed by atoms with Gasteiger partial charge in [0.25, 0.3) is 0 Å². The Morgan fingerprint density at radius 1 is 1.33 bits per heavy atom. The van der Waals surface area contributed by atoms with Crippen molar-refractivity contribution in [3.05, 3.63) is 24.2 Å². The number of ether oxygens (including phenoxy) is 2. The van der Waals surface area contributed by atoms with Gasteiger partial charge in [0.05, 0.1) is 30.1 Å². The summed E-state index contributed by atoms with van der Waals surface area (Å²) in [6.45, 7) is 2.28. The highest BCUT2D eigenvalue weighted by atomic mass is 16.6. The molecule has 2 bridgehead atoms. The first-order chi connectivity index (χ1) is 14.1. The second-order valence-electron chi connectivity index (χ2n) is 9.50. The number of carbonyl (C=O) groups is 2. The minimum Gasteiger partial charge on any atom is -0.472 e. The van der Waals surface area contributed by atoms with Gasteiger partial charge >= 0.3 is 11.9 Å². The van der Waals surface area contributed by atoms with Crippen molar-refractivity contribution in [3.8, 4) is 0 Å². The lowest BCUT2D eigenvalue weighted by molar-refractivity contribution is -0.333. The fourth-order valence-corrected chi connectivity index (χ4v) is 6.64. The summed E-state index contributed by atoms with van der Waals surface area (Å²) < 4.78 is 16.3. The molecule has 8 nitrogen and oxygen atoms in total. The summed E-state index contributed by atoms with van der Waals surface area (Å²) in [6, 6.07) is 1.80. The second-order valence-corrected chi connectivity index (χ2v) is 9.50. The van der Waals surface area contributed by atoms with Crippen molar-refractivity contribution < 1.29 is 38.8 Å². The predicted molar refractivity (Wildman–Crippen MR) is 103 cm³/mol. The molecule has 1 aromatic heterocycles. The maximum absolute atomic E-state index is 12.9. The molecule has 8 heteroatoms. The van der Waals surface area contributed by atoms with E-state index in [9.17, 15) is 24.9 Å². The van der Waals surface area contributed by atoms with Gasteiger partial charge in [0, 0.05) is 24.7 Å². The molecule has 30 heavy (non-hydrogen) atoms. The molecular formula is C22H30O8. The highest BCUT2D eigenvalue weighted by Crippen LogP contribution is 2.67. The zero-order valence-corrected chi connectivity index (χ0v) is 17.4. The SMILES string of the molecule is CC(=O)O[C@H]1C[C@@](C)(O)[C@@](O)(CCc2ccoc2)[C@@]23CCC[C@@](CO)(C(=O)OC2)[C@@H]13. The van der Waals surface area contributed by atoms with Gasteiger partial charge in [0.1, 0.15) is 18.3 Å². The highest BCUT2D eigenvalue weighted by molar-refractivity contribution is 5.79. The van der Waals surface area contributed by atoms with Crippen LogP contribution in [0.3, 0.4) is 0 Å². The Morgan fingerprint density at radius 3 is 2.73 bits per heavy atom. The lowest BCUT2D eigenvalue weighted by Gasteiger charge is -2.69. The van der Waals surface area contributed by atoms with Gasteiger partial charge in [0.2, 0.25) is 0 Å². The van der Waals surface area contributed by atoms with E-state index in [1.807, 2.05) is 0 Å². The van der Waals surface area contributed by atoms with Crippen molar-refractivity contribution in [2.45, 2.75) is 69.7 Å². The molecule has 1 saturated heterocycles. The number of aryl methyl sites for hydroxylation is 1. The van der Waals surface area contributed by atoms with E-state index >= 15 is 0 Å². The molecule has 166 valence electrons. The molecule has 3 fully saturated rings. The van der Waals surface area contributed by atoms with Crippen LogP contribution in [0.15, 0.2) is 23.0 Å². The molecule has 2 heterocycles. The molecule has 6 atom stereocenters. The Kier molecular flexibility index (Phi) is 5.03. The Balaban J connectivity index is 1.83. The van der Waals surface area contributed by atoms with E-state index in [0.29, 0.717) is 25.7 Å². The van der Waals surface area contributed by atoms with Crippen LogP contribution >= 0.6 is 0 Å². The van der Waals surface area contributed by atoms with Gasteiger partial charge in [-0.1, -0.05) is 6.42 Å². The minimum absolute atomic E-state index is 0.0318. The zero-order chi connectivity index (χ0) is 21.8. The van der Waals surface area contributed by atoms with Gasteiger partial charge in [-0.05, 0) is 44.2 Å². The van der Waals surface area contributed by atoms with Crippen LogP contribution in [0.2, 0.25) is 0 Å². The molecule has 1 aliphatic heterocycles. The number of esters is 2. The summed E-state index contributed by atoms with van der Waals surface area (Å²) in [6.07, 6.45) is 4.42. The van der Waals surface area contributed by atoms with Crippen molar-refractivity contribution >= 4 is 11.9 Å². The molecule has 3 N–H and O–H groups in total. The lowest BCUT2D eigenvalue weighted by Crippen LogP contribution is -2.79. The standard InChI is InChI=1S/C22H30O8/c1-14(24)30-16-10-19(2,26)22(27,8-4-15-5-9-28-11-15)21-7-3-6-20(12-23,17(16)21)18(25)29-13-21/h5,9,11,16-17,23,26-27H,3-4,6-8,10,12-13H2,1-2H3/t16-,17+,19+,20-,21-,22-/m0/s1. The highest BCUT2D eigenvalue weighted by Gasteiger charge is 2.77. The molecule has 3 aliphatic rings. The third-order valence-electron chi connectivity index (χ3n) is 7.94.